The number of carbonyl (C=O) groups excluding carboxylic acids is 1. The van der Waals surface area contributed by atoms with Gasteiger partial charge in [-0.2, -0.15) is 0 Å². The average molecular weight is 440 g/mol. The van der Waals surface area contributed by atoms with E-state index in [1.54, 1.807) is 0 Å². The number of allylic oxidation sites excluding steroid dienone is 3. The highest BCUT2D eigenvalue weighted by Crippen LogP contribution is 2.47. The highest BCUT2D eigenvalue weighted by Gasteiger charge is 2.42. The largest absolute Gasteiger partial charge is 0.508 e. The first-order valence-corrected chi connectivity index (χ1v) is 10.3. The molecule has 3 atom stereocenters. The van der Waals surface area contributed by atoms with Crippen molar-refractivity contribution in [1.82, 2.24) is 0 Å². The fourth-order valence-corrected chi connectivity index (χ4v) is 3.80. The molecule has 0 fully saturated rings. The van der Waals surface area contributed by atoms with Crippen molar-refractivity contribution in [3.05, 3.63) is 64.8 Å². The number of Topliss-reactive ketones (excluding diaryl/α,β-unsaturated/α-hetero) is 1. The second kappa shape index (κ2) is 8.96. The van der Waals surface area contributed by atoms with Crippen molar-refractivity contribution in [2.24, 2.45) is 5.92 Å². The molecule has 0 saturated heterocycles. The van der Waals surface area contributed by atoms with E-state index in [4.69, 9.17) is 4.74 Å². The first-order chi connectivity index (χ1) is 15.0. The fourth-order valence-electron chi connectivity index (χ4n) is 3.80. The highest BCUT2D eigenvalue weighted by atomic mass is 16.5. The Morgan fingerprint density at radius 3 is 2.38 bits per heavy atom. The molecule has 1 aliphatic rings. The number of rotatable bonds is 6. The number of carbonyl (C=O) groups is 1. The van der Waals surface area contributed by atoms with Crippen LogP contribution in [0, 0.1) is 5.92 Å². The molecule has 1 unspecified atom stereocenters. The average Bonchev–Trinajstić information content (AvgIpc) is 2.69. The van der Waals surface area contributed by atoms with E-state index in [1.807, 2.05) is 20.8 Å². The molecule has 1 heterocycles. The van der Waals surface area contributed by atoms with Gasteiger partial charge >= 0.3 is 0 Å². The quantitative estimate of drug-likeness (QED) is 0.424. The fraction of sp³-hybridized carbons (Fsp3) is 0.320. The van der Waals surface area contributed by atoms with Gasteiger partial charge in [0.1, 0.15) is 34.3 Å². The van der Waals surface area contributed by atoms with Crippen LogP contribution < -0.4 is 4.74 Å². The summed E-state index contributed by atoms with van der Waals surface area (Å²) in [5.74, 6) is -2.22. The van der Waals surface area contributed by atoms with Crippen molar-refractivity contribution in [2.75, 3.05) is 0 Å². The molecule has 3 rings (SSSR count). The summed E-state index contributed by atoms with van der Waals surface area (Å²) in [4.78, 5) is 13.0. The van der Waals surface area contributed by atoms with Gasteiger partial charge < -0.3 is 30.3 Å². The van der Waals surface area contributed by atoms with E-state index in [9.17, 15) is 30.3 Å². The Morgan fingerprint density at radius 1 is 1.09 bits per heavy atom. The highest BCUT2D eigenvalue weighted by molar-refractivity contribution is 6.06. The molecular formula is C25H28O7. The van der Waals surface area contributed by atoms with Gasteiger partial charge in [-0.05, 0) is 51.7 Å². The number of hydrogen-bond acceptors (Lipinski definition) is 7. The smallest absolute Gasteiger partial charge is 0.202 e. The van der Waals surface area contributed by atoms with Crippen molar-refractivity contribution in [1.29, 1.82) is 0 Å². The molecule has 5 N–H and O–H groups in total. The van der Waals surface area contributed by atoms with Gasteiger partial charge in [-0.15, -0.1) is 0 Å². The number of ketones is 1. The molecule has 0 radical (unpaired) electrons. The van der Waals surface area contributed by atoms with E-state index >= 15 is 0 Å². The molecule has 7 nitrogen and oxygen atoms in total. The predicted octanol–water partition coefficient (Wildman–Crippen LogP) is 4.28. The van der Waals surface area contributed by atoms with E-state index in [0.717, 1.165) is 23.3 Å². The van der Waals surface area contributed by atoms with Crippen LogP contribution in [-0.2, 0) is 6.42 Å². The van der Waals surface area contributed by atoms with Crippen LogP contribution in [0.5, 0.6) is 28.7 Å². The van der Waals surface area contributed by atoms with Crippen molar-refractivity contribution in [3.63, 3.8) is 0 Å². The standard InChI is InChI=1S/C25H28O7/c1-12(2)5-6-14(13(3)4)9-17-19(28)11-20(29)21-22(30)23(31)25(32-24(17)21)16-8-7-15(26)10-18(16)27/h5,7-8,10-11,14,23,25-29,31H,3,6,9H2,1-2,4H3/t14?,23-,25+/m0/s1. The minimum absolute atomic E-state index is 0.0428. The number of aromatic hydroxyl groups is 4. The lowest BCUT2D eigenvalue weighted by molar-refractivity contribution is 0.0197. The third-order valence-corrected chi connectivity index (χ3v) is 5.67. The van der Waals surface area contributed by atoms with E-state index in [0.29, 0.717) is 12.0 Å². The van der Waals surface area contributed by atoms with Crippen LogP contribution in [0.25, 0.3) is 0 Å². The maximum absolute atomic E-state index is 13.0. The van der Waals surface area contributed by atoms with E-state index in [-0.39, 0.29) is 46.5 Å². The summed E-state index contributed by atoms with van der Waals surface area (Å²) in [6, 6.07) is 4.77. The van der Waals surface area contributed by atoms with Gasteiger partial charge in [-0.25, -0.2) is 0 Å². The SMILES string of the molecule is C=C(C)C(CC=C(C)C)Cc1c(O)cc(O)c2c1O[C@H](c1ccc(O)cc1O)[C@@H](O)C2=O. The summed E-state index contributed by atoms with van der Waals surface area (Å²) in [6.07, 6.45) is -0.00649. The summed E-state index contributed by atoms with van der Waals surface area (Å²) in [7, 11) is 0. The van der Waals surface area contributed by atoms with Crippen molar-refractivity contribution < 1.29 is 35.1 Å². The van der Waals surface area contributed by atoms with Crippen LogP contribution in [0.2, 0.25) is 0 Å². The van der Waals surface area contributed by atoms with Gasteiger partial charge in [0.05, 0.1) is 0 Å². The minimum atomic E-state index is -1.70. The Morgan fingerprint density at radius 2 is 1.78 bits per heavy atom. The maximum Gasteiger partial charge on any atom is 0.202 e. The lowest BCUT2D eigenvalue weighted by Crippen LogP contribution is -2.36. The summed E-state index contributed by atoms with van der Waals surface area (Å²) >= 11 is 0. The van der Waals surface area contributed by atoms with Crippen LogP contribution >= 0.6 is 0 Å². The third-order valence-electron chi connectivity index (χ3n) is 5.67. The summed E-state index contributed by atoms with van der Waals surface area (Å²) in [5.41, 5.74) is 2.17. The van der Waals surface area contributed by atoms with Crippen molar-refractivity contribution >= 4 is 5.78 Å². The van der Waals surface area contributed by atoms with Crippen LogP contribution in [-0.4, -0.2) is 37.4 Å². The minimum Gasteiger partial charge on any atom is -0.508 e. The Bertz CT molecular complexity index is 1100. The summed E-state index contributed by atoms with van der Waals surface area (Å²) < 4.78 is 5.94. The number of ether oxygens (including phenoxy) is 1. The molecule has 2 aromatic carbocycles. The lowest BCUT2D eigenvalue weighted by Gasteiger charge is -2.32. The first kappa shape index (κ1) is 23.2. The lowest BCUT2D eigenvalue weighted by atomic mass is 9.85. The number of phenolic OH excluding ortho intramolecular Hbond substituents is 4. The van der Waals surface area contributed by atoms with E-state index in [2.05, 4.69) is 12.7 Å². The van der Waals surface area contributed by atoms with Crippen LogP contribution in [0.3, 0.4) is 0 Å². The van der Waals surface area contributed by atoms with Gasteiger partial charge in [-0.1, -0.05) is 23.8 Å². The molecule has 7 heteroatoms. The zero-order valence-electron chi connectivity index (χ0n) is 18.3. The molecule has 170 valence electrons. The van der Waals surface area contributed by atoms with Crippen molar-refractivity contribution in [3.8, 4) is 28.7 Å². The number of phenols is 4. The maximum atomic E-state index is 13.0. The van der Waals surface area contributed by atoms with Gasteiger partial charge in [0.15, 0.2) is 12.2 Å². The normalized spacial score (nSPS) is 18.4. The molecule has 2 aromatic rings. The van der Waals surface area contributed by atoms with Crippen LogP contribution in [0.4, 0.5) is 0 Å². The summed E-state index contributed by atoms with van der Waals surface area (Å²) in [6.45, 7) is 9.87. The zero-order valence-corrected chi connectivity index (χ0v) is 18.3. The Kier molecular flexibility index (Phi) is 6.50. The zero-order chi connectivity index (χ0) is 23.7. The summed E-state index contributed by atoms with van der Waals surface area (Å²) in [5, 5.41) is 51.3. The van der Waals surface area contributed by atoms with Gasteiger partial charge in [0.25, 0.3) is 0 Å². The van der Waals surface area contributed by atoms with Crippen LogP contribution in [0.15, 0.2) is 48.1 Å². The number of hydrogen-bond donors (Lipinski definition) is 5. The van der Waals surface area contributed by atoms with E-state index in [1.165, 1.54) is 12.1 Å². The van der Waals surface area contributed by atoms with Gasteiger partial charge in [0.2, 0.25) is 5.78 Å². The Balaban J connectivity index is 2.11. The number of aliphatic hydroxyl groups excluding tert-OH is 1. The second-order valence-electron chi connectivity index (χ2n) is 8.45. The molecular weight excluding hydrogens is 412 g/mol. The second-order valence-corrected chi connectivity index (χ2v) is 8.45. The predicted molar refractivity (Wildman–Crippen MR) is 119 cm³/mol. The molecule has 1 aliphatic heterocycles. The topological polar surface area (TPSA) is 127 Å². The number of aliphatic hydroxyl groups is 1. The third kappa shape index (κ3) is 4.43. The molecule has 0 saturated carbocycles. The number of fused-ring (bicyclic) bond motifs is 1. The van der Waals surface area contributed by atoms with Gasteiger partial charge in [-0.3, -0.25) is 4.79 Å². The first-order valence-electron chi connectivity index (χ1n) is 10.3. The van der Waals surface area contributed by atoms with Gasteiger partial charge in [0, 0.05) is 23.3 Å². The Hall–Kier alpha value is -3.45. The van der Waals surface area contributed by atoms with E-state index < -0.39 is 23.7 Å². The monoisotopic (exact) mass is 440 g/mol. The molecule has 0 aliphatic carbocycles. The molecule has 0 amide bonds. The molecule has 32 heavy (non-hydrogen) atoms. The Labute approximate surface area is 186 Å². The molecule has 0 bridgehead atoms. The number of benzene rings is 2. The van der Waals surface area contributed by atoms with Crippen molar-refractivity contribution in [2.45, 2.75) is 45.8 Å². The molecule has 0 spiro atoms. The molecule has 0 aromatic heterocycles. The van der Waals surface area contributed by atoms with Crippen LogP contribution in [0.1, 0.15) is 54.8 Å².